The van der Waals surface area contributed by atoms with Crippen molar-refractivity contribution in [3.05, 3.63) is 0 Å². The van der Waals surface area contributed by atoms with Crippen LogP contribution < -0.4 is 0 Å². The highest BCUT2D eigenvalue weighted by atomic mass is 35.5. The van der Waals surface area contributed by atoms with Crippen molar-refractivity contribution in [1.82, 2.24) is 0 Å². The summed E-state index contributed by atoms with van der Waals surface area (Å²) >= 11 is 5.70. The number of hydrogen-bond acceptors (Lipinski definition) is 1. The van der Waals surface area contributed by atoms with Crippen LogP contribution in [0.15, 0.2) is 0 Å². The summed E-state index contributed by atoms with van der Waals surface area (Å²) in [6.45, 7) is 15.2. The minimum absolute atomic E-state index is 0.705. The molecule has 0 aliphatic heterocycles. The van der Waals surface area contributed by atoms with Crippen LogP contribution in [0, 0.1) is 0 Å². The third-order valence-corrected chi connectivity index (χ3v) is 12.0. The van der Waals surface area contributed by atoms with Crippen molar-refractivity contribution in [3.8, 4) is 0 Å². The number of hydrogen-bond donors (Lipinski definition) is 0. The molecule has 0 radical (unpaired) electrons. The van der Waals surface area contributed by atoms with Gasteiger partial charge in [0.2, 0.25) is 0 Å². The van der Waals surface area contributed by atoms with E-state index in [2.05, 4.69) is 41.5 Å². The highest BCUT2D eigenvalue weighted by molar-refractivity contribution is 6.77. The molecule has 24 heavy (non-hydrogen) atoms. The van der Waals surface area contributed by atoms with E-state index >= 15 is 0 Å². The number of rotatable bonds is 16. The highest BCUT2D eigenvalue weighted by Gasteiger charge is 2.44. The van der Waals surface area contributed by atoms with Crippen LogP contribution in [-0.2, 0) is 4.43 Å². The van der Waals surface area contributed by atoms with Crippen LogP contribution in [0.1, 0.15) is 106 Å². The molecule has 0 amide bonds. The van der Waals surface area contributed by atoms with E-state index in [4.69, 9.17) is 16.0 Å². The lowest BCUT2D eigenvalue weighted by Crippen LogP contribution is -2.47. The van der Waals surface area contributed by atoms with Crippen molar-refractivity contribution in [3.63, 3.8) is 0 Å². The standard InChI is InChI=1S/C21H45ClOSi/c1-19(2)24(20(3)4,21(5)6)23-18-16-14-12-10-8-7-9-11-13-15-17-22/h19-21H,7-18H2,1-6H3. The van der Waals surface area contributed by atoms with Gasteiger partial charge >= 0.3 is 0 Å². The summed E-state index contributed by atoms with van der Waals surface area (Å²) in [5.41, 5.74) is 2.11. The molecule has 0 fully saturated rings. The Bertz CT molecular complexity index is 257. The molecule has 0 unspecified atom stereocenters. The van der Waals surface area contributed by atoms with E-state index in [9.17, 15) is 0 Å². The topological polar surface area (TPSA) is 9.23 Å². The fourth-order valence-corrected chi connectivity index (χ4v) is 10.0. The van der Waals surface area contributed by atoms with E-state index in [1.54, 1.807) is 0 Å². The first-order chi connectivity index (χ1) is 11.4. The number of halogens is 1. The molecule has 0 aliphatic carbocycles. The van der Waals surface area contributed by atoms with Gasteiger partial charge in [0.25, 0.3) is 0 Å². The number of alkyl halides is 1. The van der Waals surface area contributed by atoms with Gasteiger partial charge in [0.05, 0.1) is 0 Å². The van der Waals surface area contributed by atoms with E-state index < -0.39 is 8.32 Å². The largest absolute Gasteiger partial charge is 0.416 e. The van der Waals surface area contributed by atoms with Crippen LogP contribution in [0.4, 0.5) is 0 Å². The van der Waals surface area contributed by atoms with Gasteiger partial charge in [-0.3, -0.25) is 0 Å². The zero-order chi connectivity index (χ0) is 18.4. The van der Waals surface area contributed by atoms with Gasteiger partial charge in [-0.2, -0.15) is 0 Å². The second kappa shape index (κ2) is 14.6. The van der Waals surface area contributed by atoms with Crippen molar-refractivity contribution in [1.29, 1.82) is 0 Å². The summed E-state index contributed by atoms with van der Waals surface area (Å²) in [7, 11) is -1.63. The molecule has 3 heteroatoms. The van der Waals surface area contributed by atoms with Crippen LogP contribution in [0.25, 0.3) is 0 Å². The van der Waals surface area contributed by atoms with Crippen LogP contribution in [0.2, 0.25) is 16.6 Å². The second-order valence-corrected chi connectivity index (χ2v) is 14.2. The summed E-state index contributed by atoms with van der Waals surface area (Å²) in [6, 6.07) is 0. The lowest BCUT2D eigenvalue weighted by molar-refractivity contribution is 0.267. The Morgan fingerprint density at radius 1 is 0.583 bits per heavy atom. The van der Waals surface area contributed by atoms with Gasteiger partial charge in [0, 0.05) is 12.5 Å². The Morgan fingerprint density at radius 3 is 1.25 bits per heavy atom. The maximum absolute atomic E-state index is 6.62. The molecule has 146 valence electrons. The third kappa shape index (κ3) is 9.24. The Hall–Kier alpha value is 0.467. The molecule has 1 nitrogen and oxygen atoms in total. The van der Waals surface area contributed by atoms with Crippen molar-refractivity contribution < 1.29 is 4.43 Å². The van der Waals surface area contributed by atoms with Crippen molar-refractivity contribution in [2.24, 2.45) is 0 Å². The quantitative estimate of drug-likeness (QED) is 0.149. The summed E-state index contributed by atoms with van der Waals surface area (Å²) in [5, 5.41) is 0. The predicted octanol–water partition coefficient (Wildman–Crippen LogP) is 8.32. The summed E-state index contributed by atoms with van der Waals surface area (Å²) in [5.74, 6) is 0.830. The van der Waals surface area contributed by atoms with Gasteiger partial charge in [-0.05, 0) is 29.5 Å². The van der Waals surface area contributed by atoms with Gasteiger partial charge in [0.1, 0.15) is 0 Å². The Morgan fingerprint density at radius 2 is 0.917 bits per heavy atom. The zero-order valence-corrected chi connectivity index (χ0v) is 19.3. The lowest BCUT2D eigenvalue weighted by atomic mass is 10.1. The Labute approximate surface area is 159 Å². The second-order valence-electron chi connectivity index (χ2n) is 8.39. The molecular formula is C21H45ClOSi. The van der Waals surface area contributed by atoms with Crippen LogP contribution in [-0.4, -0.2) is 20.8 Å². The predicted molar refractivity (Wildman–Crippen MR) is 114 cm³/mol. The molecule has 0 rings (SSSR count). The molecule has 0 aliphatic rings. The van der Waals surface area contributed by atoms with Gasteiger partial charge in [-0.1, -0.05) is 92.9 Å². The summed E-state index contributed by atoms with van der Waals surface area (Å²) in [6.07, 6.45) is 13.4. The maximum atomic E-state index is 6.62. The van der Waals surface area contributed by atoms with Crippen LogP contribution in [0.5, 0.6) is 0 Å². The average Bonchev–Trinajstić information content (AvgIpc) is 2.51. The summed E-state index contributed by atoms with van der Waals surface area (Å²) in [4.78, 5) is 0. The first-order valence-electron chi connectivity index (χ1n) is 10.6. The maximum Gasteiger partial charge on any atom is 0.200 e. The molecule has 0 saturated carbocycles. The average molecular weight is 377 g/mol. The lowest BCUT2D eigenvalue weighted by Gasteiger charge is -2.42. The van der Waals surface area contributed by atoms with Crippen LogP contribution >= 0.6 is 11.6 Å². The highest BCUT2D eigenvalue weighted by Crippen LogP contribution is 2.42. The van der Waals surface area contributed by atoms with Gasteiger partial charge < -0.3 is 4.43 Å². The van der Waals surface area contributed by atoms with E-state index in [-0.39, 0.29) is 0 Å². The fraction of sp³-hybridized carbons (Fsp3) is 1.00. The minimum atomic E-state index is -1.63. The smallest absolute Gasteiger partial charge is 0.200 e. The SMILES string of the molecule is CC(C)[Si](OCCCCCCCCCCCCCl)(C(C)C)C(C)C. The van der Waals surface area contributed by atoms with Gasteiger partial charge in [-0.25, -0.2) is 0 Å². The van der Waals surface area contributed by atoms with Crippen molar-refractivity contribution in [2.45, 2.75) is 122 Å². The van der Waals surface area contributed by atoms with E-state index in [1.165, 1.54) is 64.2 Å². The molecule has 0 heterocycles. The van der Waals surface area contributed by atoms with Crippen molar-refractivity contribution >= 4 is 19.9 Å². The molecule has 0 N–H and O–H groups in total. The normalized spacial score (nSPS) is 12.8. The molecule has 0 atom stereocenters. The van der Waals surface area contributed by atoms with Crippen LogP contribution in [0.3, 0.4) is 0 Å². The molecule has 0 spiro atoms. The Balaban J connectivity index is 3.73. The molecule has 0 aromatic heterocycles. The zero-order valence-electron chi connectivity index (χ0n) is 17.5. The Kier molecular flexibility index (Phi) is 14.9. The molecule has 0 bridgehead atoms. The van der Waals surface area contributed by atoms with E-state index in [0.717, 1.165) is 12.5 Å². The van der Waals surface area contributed by atoms with E-state index in [0.29, 0.717) is 16.6 Å². The molecular weight excluding hydrogens is 332 g/mol. The summed E-state index contributed by atoms with van der Waals surface area (Å²) < 4.78 is 6.62. The monoisotopic (exact) mass is 376 g/mol. The fourth-order valence-electron chi connectivity index (χ4n) is 4.36. The molecule has 0 saturated heterocycles. The van der Waals surface area contributed by atoms with Crippen molar-refractivity contribution in [2.75, 3.05) is 12.5 Å². The first-order valence-corrected chi connectivity index (χ1v) is 13.3. The molecule has 0 aromatic rings. The van der Waals surface area contributed by atoms with E-state index in [1.807, 2.05) is 0 Å². The first kappa shape index (κ1) is 24.5. The number of unbranched alkanes of at least 4 members (excludes halogenated alkanes) is 9. The van der Waals surface area contributed by atoms with Gasteiger partial charge in [-0.15, -0.1) is 11.6 Å². The third-order valence-electron chi connectivity index (χ3n) is 5.59. The van der Waals surface area contributed by atoms with Gasteiger partial charge in [0.15, 0.2) is 8.32 Å². The molecule has 0 aromatic carbocycles. The minimum Gasteiger partial charge on any atom is -0.416 e.